The van der Waals surface area contributed by atoms with Crippen LogP contribution in [0.15, 0.2) is 30.6 Å². The first-order chi connectivity index (χ1) is 9.65. The summed E-state index contributed by atoms with van der Waals surface area (Å²) in [4.78, 5) is 15.3. The van der Waals surface area contributed by atoms with Gasteiger partial charge in [0.2, 0.25) is 5.91 Å². The van der Waals surface area contributed by atoms with E-state index >= 15 is 0 Å². The quantitative estimate of drug-likeness (QED) is 0.918. The summed E-state index contributed by atoms with van der Waals surface area (Å²) >= 11 is 0. The molecule has 0 aliphatic carbocycles. The van der Waals surface area contributed by atoms with Gasteiger partial charge in [-0.1, -0.05) is 0 Å². The van der Waals surface area contributed by atoms with Gasteiger partial charge < -0.3 is 5.32 Å². The van der Waals surface area contributed by atoms with Crippen molar-refractivity contribution in [3.05, 3.63) is 42.1 Å². The van der Waals surface area contributed by atoms with Gasteiger partial charge in [-0.05, 0) is 24.3 Å². The SMILES string of the molecule is N#CCC(=O)Nc1c(C#N)ncn1-c1ccc(F)cc1. The summed E-state index contributed by atoms with van der Waals surface area (Å²) in [6, 6.07) is 9.02. The molecule has 0 atom stereocenters. The van der Waals surface area contributed by atoms with Gasteiger partial charge in [0.1, 0.15) is 24.6 Å². The second-order valence-electron chi connectivity index (χ2n) is 3.78. The van der Waals surface area contributed by atoms with Gasteiger partial charge in [-0.3, -0.25) is 9.36 Å². The first kappa shape index (κ1) is 13.2. The molecule has 6 nitrogen and oxygen atoms in total. The number of aromatic nitrogens is 2. The third-order valence-corrected chi connectivity index (χ3v) is 2.48. The summed E-state index contributed by atoms with van der Waals surface area (Å²) in [5.74, 6) is -0.795. The largest absolute Gasteiger partial charge is 0.308 e. The Hall–Kier alpha value is -3.19. The third-order valence-electron chi connectivity index (χ3n) is 2.48. The number of imidazole rings is 1. The average Bonchev–Trinajstić information content (AvgIpc) is 2.82. The molecule has 1 aromatic heterocycles. The van der Waals surface area contributed by atoms with Crippen LogP contribution in [-0.2, 0) is 4.79 Å². The van der Waals surface area contributed by atoms with E-state index in [-0.39, 0.29) is 17.9 Å². The van der Waals surface area contributed by atoms with Gasteiger partial charge in [0.15, 0.2) is 11.5 Å². The van der Waals surface area contributed by atoms with E-state index in [1.807, 2.05) is 6.07 Å². The van der Waals surface area contributed by atoms with Crippen molar-refractivity contribution in [3.8, 4) is 17.8 Å². The molecule has 1 heterocycles. The number of hydrogen-bond acceptors (Lipinski definition) is 4. The number of carbonyl (C=O) groups excluding carboxylic acids is 1. The van der Waals surface area contributed by atoms with Crippen LogP contribution >= 0.6 is 0 Å². The Morgan fingerprint density at radius 2 is 2.05 bits per heavy atom. The predicted octanol–water partition coefficient (Wildman–Crippen LogP) is 1.74. The lowest BCUT2D eigenvalue weighted by molar-refractivity contribution is -0.115. The molecule has 0 unspecified atom stereocenters. The zero-order valence-corrected chi connectivity index (χ0v) is 10.2. The number of amides is 1. The lowest BCUT2D eigenvalue weighted by Crippen LogP contribution is -2.14. The van der Waals surface area contributed by atoms with Gasteiger partial charge in [0.25, 0.3) is 0 Å². The van der Waals surface area contributed by atoms with Crippen molar-refractivity contribution in [1.29, 1.82) is 10.5 Å². The van der Waals surface area contributed by atoms with Gasteiger partial charge in [-0.25, -0.2) is 9.37 Å². The molecule has 0 aliphatic heterocycles. The first-order valence-electron chi connectivity index (χ1n) is 5.56. The van der Waals surface area contributed by atoms with Crippen LogP contribution in [-0.4, -0.2) is 15.5 Å². The van der Waals surface area contributed by atoms with Crippen molar-refractivity contribution in [2.75, 3.05) is 5.32 Å². The fourth-order valence-electron chi connectivity index (χ4n) is 1.60. The van der Waals surface area contributed by atoms with Gasteiger partial charge >= 0.3 is 0 Å². The highest BCUT2D eigenvalue weighted by Crippen LogP contribution is 2.20. The van der Waals surface area contributed by atoms with Crippen LogP contribution < -0.4 is 5.32 Å². The van der Waals surface area contributed by atoms with Crippen LogP contribution in [0.5, 0.6) is 0 Å². The third kappa shape index (κ3) is 2.62. The second-order valence-corrected chi connectivity index (χ2v) is 3.78. The van der Waals surface area contributed by atoms with Crippen LogP contribution in [0.3, 0.4) is 0 Å². The van der Waals surface area contributed by atoms with Crippen molar-refractivity contribution in [2.24, 2.45) is 0 Å². The summed E-state index contributed by atoms with van der Waals surface area (Å²) in [6.07, 6.45) is 1.01. The topological polar surface area (TPSA) is 94.5 Å². The molecule has 98 valence electrons. The Bertz CT molecular complexity index is 721. The fraction of sp³-hybridized carbons (Fsp3) is 0.0769. The number of nitriles is 2. The minimum Gasteiger partial charge on any atom is -0.308 e. The van der Waals surface area contributed by atoms with Crippen LogP contribution in [0.2, 0.25) is 0 Å². The lowest BCUT2D eigenvalue weighted by atomic mass is 10.3. The van der Waals surface area contributed by atoms with Crippen molar-refractivity contribution >= 4 is 11.7 Å². The highest BCUT2D eigenvalue weighted by molar-refractivity contribution is 5.92. The molecule has 0 spiro atoms. The highest BCUT2D eigenvalue weighted by atomic mass is 19.1. The number of benzene rings is 1. The number of halogens is 1. The summed E-state index contributed by atoms with van der Waals surface area (Å²) in [5.41, 5.74) is 0.549. The van der Waals surface area contributed by atoms with Gasteiger partial charge in [-0.15, -0.1) is 0 Å². The number of rotatable bonds is 3. The molecule has 0 saturated carbocycles. The summed E-state index contributed by atoms with van der Waals surface area (Å²) in [6.45, 7) is 0. The highest BCUT2D eigenvalue weighted by Gasteiger charge is 2.14. The average molecular weight is 269 g/mol. The summed E-state index contributed by atoms with van der Waals surface area (Å²) in [5, 5.41) is 19.9. The molecule has 1 N–H and O–H groups in total. The maximum absolute atomic E-state index is 12.9. The molecule has 0 fully saturated rings. The molecule has 2 aromatic rings. The van der Waals surface area contributed by atoms with Crippen molar-refractivity contribution in [1.82, 2.24) is 9.55 Å². The van der Waals surface area contributed by atoms with Crippen LogP contribution in [0, 0.1) is 28.5 Å². The van der Waals surface area contributed by atoms with Crippen LogP contribution in [0.25, 0.3) is 5.69 Å². The lowest BCUT2D eigenvalue weighted by Gasteiger charge is -2.08. The maximum Gasteiger partial charge on any atom is 0.239 e. The van der Waals surface area contributed by atoms with E-state index in [0.717, 1.165) is 0 Å². The first-order valence-corrected chi connectivity index (χ1v) is 5.56. The van der Waals surface area contributed by atoms with E-state index in [0.29, 0.717) is 5.69 Å². The molecule has 20 heavy (non-hydrogen) atoms. The molecular weight excluding hydrogens is 261 g/mol. The van der Waals surface area contributed by atoms with E-state index in [4.69, 9.17) is 10.5 Å². The van der Waals surface area contributed by atoms with Crippen molar-refractivity contribution in [2.45, 2.75) is 6.42 Å². The van der Waals surface area contributed by atoms with Crippen LogP contribution in [0.1, 0.15) is 12.1 Å². The zero-order chi connectivity index (χ0) is 14.5. The predicted molar refractivity (Wildman–Crippen MR) is 67.1 cm³/mol. The molecule has 0 aliphatic rings. The number of nitrogens with one attached hydrogen (secondary N) is 1. The fourth-order valence-corrected chi connectivity index (χ4v) is 1.60. The Kier molecular flexibility index (Phi) is 3.73. The number of hydrogen-bond donors (Lipinski definition) is 1. The Morgan fingerprint density at radius 3 is 2.65 bits per heavy atom. The molecule has 0 radical (unpaired) electrons. The molecule has 0 bridgehead atoms. The van der Waals surface area contributed by atoms with Gasteiger partial charge in [0, 0.05) is 5.69 Å². The number of anilines is 1. The van der Waals surface area contributed by atoms with Crippen LogP contribution in [0.4, 0.5) is 10.2 Å². The smallest absolute Gasteiger partial charge is 0.239 e. The molecule has 7 heteroatoms. The standard InChI is InChI=1S/C13H8FN5O/c14-9-1-3-10(4-2-9)19-8-17-11(7-16)13(19)18-12(20)5-6-15/h1-4,8H,5H2,(H,18,20). The monoisotopic (exact) mass is 269 g/mol. The van der Waals surface area contributed by atoms with E-state index < -0.39 is 11.7 Å². The van der Waals surface area contributed by atoms with Crippen molar-refractivity contribution in [3.63, 3.8) is 0 Å². The zero-order valence-electron chi connectivity index (χ0n) is 10.2. The van der Waals surface area contributed by atoms with Gasteiger partial charge in [-0.2, -0.15) is 10.5 Å². The van der Waals surface area contributed by atoms with Gasteiger partial charge in [0.05, 0.1) is 6.07 Å². The Morgan fingerprint density at radius 1 is 1.35 bits per heavy atom. The minimum absolute atomic E-state index is 0.0145. The summed E-state index contributed by atoms with van der Waals surface area (Å²) < 4.78 is 14.3. The Labute approximate surface area is 113 Å². The number of carbonyl (C=O) groups is 1. The number of nitrogens with zero attached hydrogens (tertiary/aromatic N) is 4. The minimum atomic E-state index is -0.548. The second kappa shape index (κ2) is 5.63. The molecule has 1 amide bonds. The van der Waals surface area contributed by atoms with Crippen molar-refractivity contribution < 1.29 is 9.18 Å². The van der Waals surface area contributed by atoms with E-state index in [9.17, 15) is 9.18 Å². The summed E-state index contributed by atoms with van der Waals surface area (Å²) in [7, 11) is 0. The van der Waals surface area contributed by atoms with E-state index in [2.05, 4.69) is 10.3 Å². The molecular formula is C13H8FN5O. The maximum atomic E-state index is 12.9. The molecule has 1 aromatic carbocycles. The normalized spacial score (nSPS) is 9.55. The Balaban J connectivity index is 2.42. The molecule has 2 rings (SSSR count). The molecule has 0 saturated heterocycles. The van der Waals surface area contributed by atoms with E-state index in [1.54, 1.807) is 6.07 Å². The van der Waals surface area contributed by atoms with E-state index in [1.165, 1.54) is 35.2 Å².